The number of hydrogen-bond donors (Lipinski definition) is 0. The molecule has 0 radical (unpaired) electrons. The van der Waals surface area contributed by atoms with Crippen LogP contribution >= 0.6 is 11.6 Å². The number of aryl methyl sites for hydroxylation is 1. The lowest BCUT2D eigenvalue weighted by Gasteiger charge is -2.29. The van der Waals surface area contributed by atoms with Crippen molar-refractivity contribution in [2.45, 2.75) is 44.6 Å². The van der Waals surface area contributed by atoms with Gasteiger partial charge in [0.25, 0.3) is 10.0 Å². The van der Waals surface area contributed by atoms with Crippen molar-refractivity contribution >= 4 is 44.3 Å². The number of hydrogen-bond acceptors (Lipinski definition) is 6. The molecule has 4 rings (SSSR count). The molecule has 2 aromatic heterocycles. The summed E-state index contributed by atoms with van der Waals surface area (Å²) in [6.45, 7) is 8.17. The third-order valence-corrected chi connectivity index (χ3v) is 7.12. The molecule has 0 N–H and O–H groups in total. The number of carbonyl (C=O) groups is 1. The minimum absolute atomic E-state index is 0.155. The summed E-state index contributed by atoms with van der Waals surface area (Å²) in [6.07, 6.45) is 3.61. The first-order valence-electron chi connectivity index (χ1n) is 10.5. The van der Waals surface area contributed by atoms with E-state index in [0.29, 0.717) is 30.5 Å². The van der Waals surface area contributed by atoms with Crippen LogP contribution in [-0.4, -0.2) is 52.3 Å². The van der Waals surface area contributed by atoms with E-state index >= 15 is 0 Å². The van der Waals surface area contributed by atoms with E-state index in [1.807, 2.05) is 33.8 Å². The van der Waals surface area contributed by atoms with Gasteiger partial charge in [-0.05, 0) is 57.9 Å². The van der Waals surface area contributed by atoms with E-state index in [1.165, 1.54) is 0 Å². The van der Waals surface area contributed by atoms with Gasteiger partial charge in [0.05, 0.1) is 4.90 Å². The van der Waals surface area contributed by atoms with Crippen molar-refractivity contribution in [3.05, 3.63) is 58.9 Å². The third kappa shape index (κ3) is 4.74. The van der Waals surface area contributed by atoms with Crippen molar-refractivity contribution in [1.29, 1.82) is 0 Å². The smallest absolute Gasteiger partial charge is 0.410 e. The molecule has 0 unspecified atom stereocenters. The van der Waals surface area contributed by atoms with E-state index in [-0.39, 0.29) is 21.8 Å². The molecule has 3 aromatic rings. The fourth-order valence-corrected chi connectivity index (χ4v) is 5.10. The number of amides is 1. The zero-order valence-electron chi connectivity index (χ0n) is 18.9. The lowest BCUT2D eigenvalue weighted by atomic mass is 10.00. The molecular weight excluding hydrogens is 464 g/mol. The number of ether oxygens (including phenoxy) is 1. The number of rotatable bonds is 3. The molecule has 33 heavy (non-hydrogen) atoms. The van der Waals surface area contributed by atoms with Crippen LogP contribution in [0.2, 0.25) is 5.15 Å². The molecule has 174 valence electrons. The van der Waals surface area contributed by atoms with E-state index in [1.54, 1.807) is 41.4 Å². The Morgan fingerprint density at radius 1 is 1.15 bits per heavy atom. The van der Waals surface area contributed by atoms with Crippen LogP contribution in [0.4, 0.5) is 4.79 Å². The van der Waals surface area contributed by atoms with Gasteiger partial charge in [0.1, 0.15) is 5.60 Å². The Bertz CT molecular complexity index is 1360. The molecule has 8 nitrogen and oxygen atoms in total. The Balaban J connectivity index is 1.73. The van der Waals surface area contributed by atoms with Crippen molar-refractivity contribution in [1.82, 2.24) is 19.1 Å². The van der Waals surface area contributed by atoms with Crippen LogP contribution < -0.4 is 0 Å². The van der Waals surface area contributed by atoms with Gasteiger partial charge in [-0.25, -0.2) is 17.2 Å². The van der Waals surface area contributed by atoms with Crippen LogP contribution in [0.3, 0.4) is 0 Å². The summed E-state index contributed by atoms with van der Waals surface area (Å²) in [5.74, 6) is 0. The Morgan fingerprint density at radius 2 is 1.85 bits per heavy atom. The molecule has 10 heteroatoms. The van der Waals surface area contributed by atoms with Gasteiger partial charge in [-0.15, -0.1) is 10.2 Å². The molecule has 0 spiro atoms. The van der Waals surface area contributed by atoms with Gasteiger partial charge >= 0.3 is 6.09 Å². The maximum Gasteiger partial charge on any atom is 0.410 e. The predicted molar refractivity (Wildman–Crippen MR) is 127 cm³/mol. The summed E-state index contributed by atoms with van der Waals surface area (Å²) in [4.78, 5) is 14.2. The molecule has 1 amide bonds. The highest BCUT2D eigenvalue weighted by molar-refractivity contribution is 7.90. The molecule has 1 aromatic carbocycles. The van der Waals surface area contributed by atoms with Crippen LogP contribution in [0, 0.1) is 6.92 Å². The second kappa shape index (κ2) is 8.46. The van der Waals surface area contributed by atoms with Crippen molar-refractivity contribution < 1.29 is 17.9 Å². The van der Waals surface area contributed by atoms with Gasteiger partial charge in [-0.1, -0.05) is 35.4 Å². The van der Waals surface area contributed by atoms with Crippen molar-refractivity contribution in [3.63, 3.8) is 0 Å². The number of aromatic nitrogens is 3. The summed E-state index contributed by atoms with van der Waals surface area (Å²) in [5.41, 5.74) is 2.18. The largest absolute Gasteiger partial charge is 0.444 e. The summed E-state index contributed by atoms with van der Waals surface area (Å²) < 4.78 is 33.4. The summed E-state index contributed by atoms with van der Waals surface area (Å²) in [7, 11) is -3.90. The highest BCUT2D eigenvalue weighted by Gasteiger charge is 2.27. The Hall–Kier alpha value is -2.91. The maximum absolute atomic E-state index is 13.4. The minimum Gasteiger partial charge on any atom is -0.444 e. The highest BCUT2D eigenvalue weighted by atomic mass is 35.5. The Labute approximate surface area is 197 Å². The van der Waals surface area contributed by atoms with Crippen LogP contribution in [-0.2, 0) is 14.8 Å². The topological polar surface area (TPSA) is 94.4 Å². The Morgan fingerprint density at radius 3 is 2.45 bits per heavy atom. The third-order valence-electron chi connectivity index (χ3n) is 5.27. The molecule has 0 atom stereocenters. The van der Waals surface area contributed by atoms with E-state index in [9.17, 15) is 13.2 Å². The lowest BCUT2D eigenvalue weighted by molar-refractivity contribution is 0.0270. The minimum atomic E-state index is -3.90. The number of benzene rings is 1. The first kappa shape index (κ1) is 23.3. The molecular formula is C23H25ClN4O4S. The molecule has 1 aliphatic rings. The molecule has 0 saturated heterocycles. The van der Waals surface area contributed by atoms with Crippen LogP contribution in [0.5, 0.6) is 0 Å². The fourth-order valence-electron chi connectivity index (χ4n) is 3.64. The number of fused-ring (bicyclic) bond motifs is 1. The van der Waals surface area contributed by atoms with E-state index in [4.69, 9.17) is 16.3 Å². The predicted octanol–water partition coefficient (Wildman–Crippen LogP) is 4.65. The van der Waals surface area contributed by atoms with Crippen LogP contribution in [0.1, 0.15) is 38.3 Å². The van der Waals surface area contributed by atoms with Crippen molar-refractivity contribution in [2.24, 2.45) is 0 Å². The van der Waals surface area contributed by atoms with Gasteiger partial charge in [0.15, 0.2) is 10.8 Å². The summed E-state index contributed by atoms with van der Waals surface area (Å²) in [6, 6.07) is 8.24. The van der Waals surface area contributed by atoms with Gasteiger partial charge in [0, 0.05) is 30.2 Å². The summed E-state index contributed by atoms with van der Waals surface area (Å²) >= 11 is 6.09. The van der Waals surface area contributed by atoms with Gasteiger partial charge in [-0.3, -0.25) is 0 Å². The normalized spacial score (nSPS) is 14.9. The zero-order chi connectivity index (χ0) is 24.0. The molecule has 0 aliphatic carbocycles. The molecule has 0 fully saturated rings. The van der Waals surface area contributed by atoms with Crippen molar-refractivity contribution in [3.8, 4) is 0 Å². The summed E-state index contributed by atoms with van der Waals surface area (Å²) in [5, 5.41) is 8.69. The Kier molecular flexibility index (Phi) is 5.96. The van der Waals surface area contributed by atoms with Crippen LogP contribution in [0.15, 0.2) is 47.5 Å². The fraction of sp³-hybridized carbons (Fsp3) is 0.348. The molecule has 0 saturated carbocycles. The van der Waals surface area contributed by atoms with Gasteiger partial charge < -0.3 is 9.64 Å². The van der Waals surface area contributed by atoms with E-state index in [0.717, 1.165) is 15.1 Å². The average molecular weight is 489 g/mol. The SMILES string of the molecule is Cc1ccc(S(=O)(=O)n2cc(C3=CCN(C(=O)OC(C)(C)C)CC3)c3cc(Cl)nnc32)cc1. The second-order valence-electron chi connectivity index (χ2n) is 8.97. The first-order chi connectivity index (χ1) is 15.5. The van der Waals surface area contributed by atoms with E-state index < -0.39 is 15.6 Å². The van der Waals surface area contributed by atoms with Gasteiger partial charge in [-0.2, -0.15) is 0 Å². The second-order valence-corrected chi connectivity index (χ2v) is 11.2. The van der Waals surface area contributed by atoms with E-state index in [2.05, 4.69) is 10.2 Å². The first-order valence-corrected chi connectivity index (χ1v) is 12.3. The number of nitrogens with zero attached hydrogens (tertiary/aromatic N) is 4. The maximum atomic E-state index is 13.4. The number of carbonyl (C=O) groups excluding carboxylic acids is 1. The monoisotopic (exact) mass is 488 g/mol. The molecule has 0 bridgehead atoms. The quantitative estimate of drug-likeness (QED) is 0.532. The highest BCUT2D eigenvalue weighted by Crippen LogP contribution is 2.33. The average Bonchev–Trinajstić information content (AvgIpc) is 3.12. The van der Waals surface area contributed by atoms with Gasteiger partial charge in [0.2, 0.25) is 0 Å². The number of halogens is 1. The van der Waals surface area contributed by atoms with Crippen LogP contribution in [0.25, 0.3) is 16.6 Å². The zero-order valence-corrected chi connectivity index (χ0v) is 20.4. The molecule has 1 aliphatic heterocycles. The standard InChI is InChI=1S/C23H25ClN4O4S/c1-15-5-7-17(8-6-15)33(30,31)28-14-19(18-13-20(24)25-26-21(18)28)16-9-11-27(12-10-16)22(29)32-23(2,3)4/h5-9,13-14H,10-12H2,1-4H3. The lowest BCUT2D eigenvalue weighted by Crippen LogP contribution is -2.39. The molecule has 3 heterocycles. The van der Waals surface area contributed by atoms with Crippen molar-refractivity contribution in [2.75, 3.05) is 13.1 Å².